The number of para-hydroxylation sites is 1. The van der Waals surface area contributed by atoms with E-state index in [0.29, 0.717) is 5.11 Å². The fourth-order valence-electron chi connectivity index (χ4n) is 3.04. The molecule has 0 aliphatic heterocycles. The second-order valence-corrected chi connectivity index (χ2v) is 6.06. The fraction of sp³-hybridized carbons (Fsp3) is 0.0500. The number of thiocarbonyl (C=S) groups is 1. The molecular weight excluding hydrogens is 300 g/mol. The normalized spacial score (nSPS) is 11.5. The van der Waals surface area contributed by atoms with Crippen LogP contribution in [0.1, 0.15) is 11.1 Å². The molecule has 0 atom stereocenters. The Hall–Kier alpha value is -2.65. The van der Waals surface area contributed by atoms with Crippen LogP contribution in [0.15, 0.2) is 72.8 Å². The molecule has 0 spiro atoms. The Morgan fingerprint density at radius 2 is 1.39 bits per heavy atom. The Morgan fingerprint density at radius 3 is 2.26 bits per heavy atom. The summed E-state index contributed by atoms with van der Waals surface area (Å²) in [5, 5.41) is 7.07. The van der Waals surface area contributed by atoms with Crippen molar-refractivity contribution in [2.45, 2.75) is 6.42 Å². The third-order valence-corrected chi connectivity index (χ3v) is 4.29. The van der Waals surface area contributed by atoms with Crippen LogP contribution in [0.25, 0.3) is 11.1 Å². The van der Waals surface area contributed by atoms with Crippen molar-refractivity contribution in [1.82, 2.24) is 0 Å². The first-order valence-electron chi connectivity index (χ1n) is 7.64. The van der Waals surface area contributed by atoms with Crippen LogP contribution in [0.2, 0.25) is 0 Å². The molecule has 3 aromatic rings. The van der Waals surface area contributed by atoms with Gasteiger partial charge in [0, 0.05) is 11.4 Å². The minimum atomic E-state index is 0.603. The Kier molecular flexibility index (Phi) is 3.56. The van der Waals surface area contributed by atoms with Gasteiger partial charge in [0.25, 0.3) is 0 Å². The molecule has 3 heteroatoms. The van der Waals surface area contributed by atoms with Crippen LogP contribution < -0.4 is 10.6 Å². The SMILES string of the molecule is S=C(Nc1ccccc1)Nc1ccc2c(c1)Cc1ccccc1-2. The maximum absolute atomic E-state index is 5.39. The molecule has 0 amide bonds. The minimum Gasteiger partial charge on any atom is -0.332 e. The standard InChI is InChI=1S/C20H16N2S/c23-20(21-16-7-2-1-3-8-16)22-17-10-11-19-15(13-17)12-14-6-4-5-9-18(14)19/h1-11,13H,12H2,(H2,21,22,23). The molecule has 0 unspecified atom stereocenters. The summed E-state index contributed by atoms with van der Waals surface area (Å²) in [4.78, 5) is 0. The van der Waals surface area contributed by atoms with Crippen molar-refractivity contribution in [2.75, 3.05) is 10.6 Å². The molecule has 2 N–H and O–H groups in total. The zero-order valence-electron chi connectivity index (χ0n) is 12.5. The zero-order chi connectivity index (χ0) is 15.6. The van der Waals surface area contributed by atoms with E-state index in [2.05, 4.69) is 53.1 Å². The van der Waals surface area contributed by atoms with Gasteiger partial charge in [0.15, 0.2) is 5.11 Å². The molecule has 2 nitrogen and oxygen atoms in total. The third-order valence-electron chi connectivity index (χ3n) is 4.08. The van der Waals surface area contributed by atoms with E-state index in [9.17, 15) is 0 Å². The first kappa shape index (κ1) is 14.0. The van der Waals surface area contributed by atoms with Crippen LogP contribution >= 0.6 is 12.2 Å². The van der Waals surface area contributed by atoms with Gasteiger partial charge < -0.3 is 10.6 Å². The van der Waals surface area contributed by atoms with Crippen molar-refractivity contribution in [1.29, 1.82) is 0 Å². The van der Waals surface area contributed by atoms with Gasteiger partial charge in [-0.25, -0.2) is 0 Å². The second kappa shape index (κ2) is 5.86. The average Bonchev–Trinajstić information content (AvgIpc) is 2.93. The number of hydrogen-bond donors (Lipinski definition) is 2. The van der Waals surface area contributed by atoms with E-state index >= 15 is 0 Å². The lowest BCUT2D eigenvalue weighted by Gasteiger charge is -2.11. The highest BCUT2D eigenvalue weighted by Crippen LogP contribution is 2.37. The molecule has 0 heterocycles. The van der Waals surface area contributed by atoms with E-state index in [4.69, 9.17) is 12.2 Å². The molecule has 0 radical (unpaired) electrons. The van der Waals surface area contributed by atoms with Crippen molar-refractivity contribution in [3.05, 3.63) is 83.9 Å². The fourth-order valence-corrected chi connectivity index (χ4v) is 3.27. The summed E-state index contributed by atoms with van der Waals surface area (Å²) in [6.45, 7) is 0. The molecule has 0 saturated carbocycles. The molecule has 4 rings (SSSR count). The van der Waals surface area contributed by atoms with Gasteiger partial charge in [0.2, 0.25) is 0 Å². The maximum atomic E-state index is 5.39. The van der Waals surface area contributed by atoms with Crippen LogP contribution in [0, 0.1) is 0 Å². The van der Waals surface area contributed by atoms with Gasteiger partial charge in [-0.1, -0.05) is 48.5 Å². The molecule has 1 aliphatic carbocycles. The number of fused-ring (bicyclic) bond motifs is 3. The largest absolute Gasteiger partial charge is 0.332 e. The Morgan fingerprint density at radius 1 is 0.696 bits per heavy atom. The predicted molar refractivity (Wildman–Crippen MR) is 101 cm³/mol. The zero-order valence-corrected chi connectivity index (χ0v) is 13.4. The summed E-state index contributed by atoms with van der Waals surface area (Å²) in [6.07, 6.45) is 0.986. The average molecular weight is 316 g/mol. The topological polar surface area (TPSA) is 24.1 Å². The number of hydrogen-bond acceptors (Lipinski definition) is 1. The van der Waals surface area contributed by atoms with Gasteiger partial charge in [-0.3, -0.25) is 0 Å². The number of benzene rings is 3. The lowest BCUT2D eigenvalue weighted by molar-refractivity contribution is 1.26. The van der Waals surface area contributed by atoms with E-state index in [-0.39, 0.29) is 0 Å². The summed E-state index contributed by atoms with van der Waals surface area (Å²) in [6, 6.07) is 25.0. The highest BCUT2D eigenvalue weighted by Gasteiger charge is 2.17. The molecule has 3 aromatic carbocycles. The van der Waals surface area contributed by atoms with Crippen LogP contribution in [-0.4, -0.2) is 5.11 Å². The van der Waals surface area contributed by atoms with Gasteiger partial charge >= 0.3 is 0 Å². The van der Waals surface area contributed by atoms with E-state index in [1.54, 1.807) is 0 Å². The maximum Gasteiger partial charge on any atom is 0.175 e. The van der Waals surface area contributed by atoms with Gasteiger partial charge in [-0.2, -0.15) is 0 Å². The monoisotopic (exact) mass is 316 g/mol. The summed E-state index contributed by atoms with van der Waals surface area (Å²) in [5.74, 6) is 0. The summed E-state index contributed by atoms with van der Waals surface area (Å²) in [5.41, 5.74) is 7.42. The van der Waals surface area contributed by atoms with Gasteiger partial charge in [0.05, 0.1) is 0 Å². The van der Waals surface area contributed by atoms with Crippen LogP contribution in [-0.2, 0) is 6.42 Å². The Labute approximate surface area is 141 Å². The van der Waals surface area contributed by atoms with Crippen molar-refractivity contribution in [3.8, 4) is 11.1 Å². The number of rotatable bonds is 2. The van der Waals surface area contributed by atoms with Gasteiger partial charge in [-0.15, -0.1) is 0 Å². The number of nitrogens with one attached hydrogen (secondary N) is 2. The summed E-state index contributed by atoms with van der Waals surface area (Å²) in [7, 11) is 0. The summed E-state index contributed by atoms with van der Waals surface area (Å²) < 4.78 is 0. The van der Waals surface area contributed by atoms with E-state index in [1.807, 2.05) is 30.3 Å². The van der Waals surface area contributed by atoms with E-state index < -0.39 is 0 Å². The van der Waals surface area contributed by atoms with Crippen molar-refractivity contribution in [3.63, 3.8) is 0 Å². The van der Waals surface area contributed by atoms with E-state index in [1.165, 1.54) is 22.3 Å². The smallest absolute Gasteiger partial charge is 0.175 e. The Bertz CT molecular complexity index is 872. The molecule has 1 aliphatic rings. The predicted octanol–water partition coefficient (Wildman–Crippen LogP) is 5.07. The summed E-state index contributed by atoms with van der Waals surface area (Å²) >= 11 is 5.39. The van der Waals surface area contributed by atoms with Crippen molar-refractivity contribution >= 4 is 28.7 Å². The van der Waals surface area contributed by atoms with Crippen LogP contribution in [0.5, 0.6) is 0 Å². The quantitative estimate of drug-likeness (QED) is 0.505. The number of anilines is 2. The lowest BCUT2D eigenvalue weighted by atomic mass is 10.1. The van der Waals surface area contributed by atoms with Crippen LogP contribution in [0.3, 0.4) is 0 Å². The molecule has 0 saturated heterocycles. The second-order valence-electron chi connectivity index (χ2n) is 5.65. The van der Waals surface area contributed by atoms with Gasteiger partial charge in [-0.05, 0) is 65.2 Å². The first-order chi connectivity index (χ1) is 11.3. The third kappa shape index (κ3) is 2.83. The molecule has 23 heavy (non-hydrogen) atoms. The van der Waals surface area contributed by atoms with Crippen molar-refractivity contribution in [2.24, 2.45) is 0 Å². The highest BCUT2D eigenvalue weighted by atomic mass is 32.1. The molecule has 0 fully saturated rings. The minimum absolute atomic E-state index is 0.603. The molecule has 0 bridgehead atoms. The molecule has 0 aromatic heterocycles. The highest BCUT2D eigenvalue weighted by molar-refractivity contribution is 7.80. The molecular formula is C20H16N2S. The van der Waals surface area contributed by atoms with Crippen LogP contribution in [0.4, 0.5) is 11.4 Å². The lowest BCUT2D eigenvalue weighted by Crippen LogP contribution is -2.19. The first-order valence-corrected chi connectivity index (χ1v) is 8.05. The van der Waals surface area contributed by atoms with E-state index in [0.717, 1.165) is 17.8 Å². The van der Waals surface area contributed by atoms with Gasteiger partial charge in [0.1, 0.15) is 0 Å². The van der Waals surface area contributed by atoms with Crippen molar-refractivity contribution < 1.29 is 0 Å². The molecule has 112 valence electrons. The Balaban J connectivity index is 1.51.